The summed E-state index contributed by atoms with van der Waals surface area (Å²) in [7, 11) is 0. The summed E-state index contributed by atoms with van der Waals surface area (Å²) in [6.07, 6.45) is 2.63. The number of para-hydroxylation sites is 1. The lowest BCUT2D eigenvalue weighted by Crippen LogP contribution is -2.30. The first-order chi connectivity index (χ1) is 17.5. The number of nitrogens with one attached hydrogen (secondary N) is 1. The molecule has 180 valence electrons. The van der Waals surface area contributed by atoms with Gasteiger partial charge in [-0.1, -0.05) is 42.5 Å². The van der Waals surface area contributed by atoms with E-state index in [2.05, 4.69) is 9.97 Å². The Labute approximate surface area is 204 Å². The number of nitrogens with zero attached hydrogens (tertiary/aromatic N) is 3. The topological polar surface area (TPSA) is 128 Å². The molecule has 0 spiro atoms. The minimum absolute atomic E-state index is 0.0274. The number of carbonyl (C=O) groups excluding carboxylic acids is 1. The van der Waals surface area contributed by atoms with Crippen molar-refractivity contribution in [3.63, 3.8) is 0 Å². The number of hydrogen-bond acceptors (Lipinski definition) is 7. The van der Waals surface area contributed by atoms with E-state index in [1.807, 2.05) is 30.3 Å². The van der Waals surface area contributed by atoms with Crippen LogP contribution in [-0.2, 0) is 17.9 Å². The molecule has 1 amide bonds. The zero-order valence-corrected chi connectivity index (χ0v) is 18.9. The van der Waals surface area contributed by atoms with Gasteiger partial charge in [0.05, 0.1) is 34.0 Å². The Morgan fingerprint density at radius 3 is 2.56 bits per heavy atom. The zero-order chi connectivity index (χ0) is 25.1. The largest absolute Gasteiger partial charge is 0.454 e. The molecule has 0 fully saturated rings. The molecule has 1 aromatic heterocycles. The van der Waals surface area contributed by atoms with Crippen molar-refractivity contribution in [1.29, 1.82) is 0 Å². The van der Waals surface area contributed by atoms with Crippen LogP contribution in [0.2, 0.25) is 0 Å². The highest BCUT2D eigenvalue weighted by Gasteiger charge is 2.23. The second-order valence-electron chi connectivity index (χ2n) is 8.06. The number of aromatic amines is 1. The number of nitro groups is 1. The Bertz CT molecular complexity index is 1550. The fourth-order valence-electron chi connectivity index (χ4n) is 3.91. The number of aromatic nitrogens is 2. The number of benzene rings is 3. The van der Waals surface area contributed by atoms with Crippen molar-refractivity contribution in [2.24, 2.45) is 0 Å². The van der Waals surface area contributed by atoms with Gasteiger partial charge in [0.15, 0.2) is 11.5 Å². The number of ether oxygens (including phenoxy) is 2. The van der Waals surface area contributed by atoms with Crippen molar-refractivity contribution in [2.45, 2.75) is 13.1 Å². The number of carbonyl (C=O) groups is 1. The van der Waals surface area contributed by atoms with Crippen molar-refractivity contribution in [2.75, 3.05) is 6.79 Å². The lowest BCUT2D eigenvalue weighted by Gasteiger charge is -2.21. The maximum atomic E-state index is 13.3. The summed E-state index contributed by atoms with van der Waals surface area (Å²) in [5.74, 6) is 0.557. The molecule has 10 heteroatoms. The summed E-state index contributed by atoms with van der Waals surface area (Å²) < 4.78 is 10.5. The number of fused-ring (bicyclic) bond motifs is 2. The van der Waals surface area contributed by atoms with Gasteiger partial charge in [-0.3, -0.25) is 19.7 Å². The molecule has 1 aliphatic rings. The molecule has 4 aromatic rings. The van der Waals surface area contributed by atoms with E-state index in [9.17, 15) is 19.7 Å². The molecule has 0 unspecified atom stereocenters. The van der Waals surface area contributed by atoms with E-state index in [0.29, 0.717) is 22.5 Å². The number of nitro benzene ring substituents is 1. The predicted molar refractivity (Wildman–Crippen MR) is 131 cm³/mol. The molecule has 36 heavy (non-hydrogen) atoms. The Morgan fingerprint density at radius 1 is 1.06 bits per heavy atom. The molecular weight excluding hydrogens is 464 g/mol. The van der Waals surface area contributed by atoms with E-state index in [4.69, 9.17) is 9.47 Å². The number of H-pyrrole nitrogens is 1. The van der Waals surface area contributed by atoms with E-state index in [1.54, 1.807) is 24.3 Å². The summed E-state index contributed by atoms with van der Waals surface area (Å²) in [4.78, 5) is 45.6. The summed E-state index contributed by atoms with van der Waals surface area (Å²) in [5, 5.41) is 12.0. The van der Waals surface area contributed by atoms with Crippen LogP contribution in [0.15, 0.2) is 77.6 Å². The molecule has 5 rings (SSSR count). The van der Waals surface area contributed by atoms with Crippen LogP contribution in [0.25, 0.3) is 17.0 Å². The van der Waals surface area contributed by atoms with Crippen molar-refractivity contribution >= 4 is 28.6 Å². The fourth-order valence-corrected chi connectivity index (χ4v) is 3.91. The van der Waals surface area contributed by atoms with Gasteiger partial charge in [0, 0.05) is 12.6 Å². The lowest BCUT2D eigenvalue weighted by molar-refractivity contribution is -0.385. The van der Waals surface area contributed by atoms with Gasteiger partial charge in [-0.25, -0.2) is 4.98 Å². The predicted octanol–water partition coefficient (Wildman–Crippen LogP) is 3.80. The minimum Gasteiger partial charge on any atom is -0.454 e. The van der Waals surface area contributed by atoms with Gasteiger partial charge in [-0.2, -0.15) is 0 Å². The fraction of sp³-hybridized carbons (Fsp3) is 0.115. The molecule has 10 nitrogen and oxygen atoms in total. The maximum Gasteiger partial charge on any atom is 0.280 e. The molecule has 3 aromatic carbocycles. The van der Waals surface area contributed by atoms with Crippen molar-refractivity contribution in [3.05, 3.63) is 110 Å². The first-order valence-corrected chi connectivity index (χ1v) is 11.0. The van der Waals surface area contributed by atoms with Crippen LogP contribution in [0.1, 0.15) is 17.0 Å². The highest BCUT2D eigenvalue weighted by molar-refractivity contribution is 5.92. The normalized spacial score (nSPS) is 12.2. The minimum atomic E-state index is -0.544. The molecule has 2 heterocycles. The van der Waals surface area contributed by atoms with Crippen LogP contribution < -0.4 is 15.0 Å². The number of hydrogen-bond donors (Lipinski definition) is 1. The van der Waals surface area contributed by atoms with E-state index >= 15 is 0 Å². The van der Waals surface area contributed by atoms with Crippen molar-refractivity contribution < 1.29 is 19.2 Å². The number of rotatable bonds is 7. The highest BCUT2D eigenvalue weighted by Crippen LogP contribution is 2.38. The Kier molecular flexibility index (Phi) is 6.14. The molecule has 0 saturated carbocycles. The summed E-state index contributed by atoms with van der Waals surface area (Å²) in [6, 6.07) is 19.0. The lowest BCUT2D eigenvalue weighted by atomic mass is 10.1. The molecule has 0 saturated heterocycles. The molecule has 1 N–H and O–H groups in total. The van der Waals surface area contributed by atoms with E-state index < -0.39 is 10.8 Å². The third kappa shape index (κ3) is 4.78. The Morgan fingerprint density at radius 2 is 1.78 bits per heavy atom. The van der Waals surface area contributed by atoms with Crippen LogP contribution in [-0.4, -0.2) is 32.5 Å². The van der Waals surface area contributed by atoms with Gasteiger partial charge in [0.2, 0.25) is 12.7 Å². The van der Waals surface area contributed by atoms with Crippen LogP contribution in [0.4, 0.5) is 5.69 Å². The molecular formula is C26H20N4O6. The van der Waals surface area contributed by atoms with Gasteiger partial charge < -0.3 is 19.4 Å². The smallest absolute Gasteiger partial charge is 0.280 e. The van der Waals surface area contributed by atoms with Gasteiger partial charge in [-0.15, -0.1) is 0 Å². The van der Waals surface area contributed by atoms with E-state index in [-0.39, 0.29) is 42.4 Å². The first kappa shape index (κ1) is 22.8. The molecule has 0 atom stereocenters. The second kappa shape index (κ2) is 9.71. The second-order valence-corrected chi connectivity index (χ2v) is 8.06. The zero-order valence-electron chi connectivity index (χ0n) is 18.9. The highest BCUT2D eigenvalue weighted by atomic mass is 16.7. The van der Waals surface area contributed by atoms with Crippen LogP contribution in [0.3, 0.4) is 0 Å². The van der Waals surface area contributed by atoms with Crippen molar-refractivity contribution in [3.8, 4) is 11.5 Å². The monoisotopic (exact) mass is 484 g/mol. The van der Waals surface area contributed by atoms with Crippen molar-refractivity contribution in [1.82, 2.24) is 14.9 Å². The third-order valence-electron chi connectivity index (χ3n) is 5.65. The Hall–Kier alpha value is -4.99. The van der Waals surface area contributed by atoms with E-state index in [0.717, 1.165) is 5.56 Å². The quantitative estimate of drug-likeness (QED) is 0.240. The molecule has 0 aliphatic carbocycles. The maximum absolute atomic E-state index is 13.3. The number of amides is 1. The van der Waals surface area contributed by atoms with Gasteiger partial charge in [-0.05, 0) is 29.8 Å². The summed E-state index contributed by atoms with van der Waals surface area (Å²) >= 11 is 0. The standard InChI is InChI=1S/C26H20N4O6/c31-25(11-10-18-12-22-23(36-16-35-22)13-21(18)30(33)34)29(14-17-6-2-1-3-7-17)15-24-27-20-9-5-4-8-19(20)26(32)28-24/h1-13H,14-16H2,(H,27,28,32). The first-order valence-electron chi connectivity index (χ1n) is 11.0. The molecule has 1 aliphatic heterocycles. The summed E-state index contributed by atoms with van der Waals surface area (Å²) in [6.45, 7) is 0.242. The van der Waals surface area contributed by atoms with Crippen LogP contribution >= 0.6 is 0 Å². The average molecular weight is 484 g/mol. The average Bonchev–Trinajstić information content (AvgIpc) is 3.34. The van der Waals surface area contributed by atoms with Gasteiger partial charge >= 0.3 is 0 Å². The van der Waals surface area contributed by atoms with Gasteiger partial charge in [0.1, 0.15) is 5.82 Å². The van der Waals surface area contributed by atoms with Gasteiger partial charge in [0.25, 0.3) is 11.2 Å². The van der Waals surface area contributed by atoms with Crippen LogP contribution in [0, 0.1) is 10.1 Å². The van der Waals surface area contributed by atoms with Crippen LogP contribution in [0.5, 0.6) is 11.5 Å². The van der Waals surface area contributed by atoms with E-state index in [1.165, 1.54) is 29.2 Å². The third-order valence-corrected chi connectivity index (χ3v) is 5.65. The SMILES string of the molecule is O=C(C=Cc1cc2c(cc1[N+](=O)[O-])OCO2)N(Cc1ccccc1)Cc1nc2ccccc2c(=O)[nH]1. The molecule has 0 bridgehead atoms. The molecule has 0 radical (unpaired) electrons. The summed E-state index contributed by atoms with van der Waals surface area (Å²) in [5.41, 5.74) is 1.09. The Balaban J connectivity index is 1.46.